The molecule has 0 radical (unpaired) electrons. The van der Waals surface area contributed by atoms with Crippen LogP contribution < -0.4 is 5.32 Å². The maximum atomic E-state index is 13.0. The van der Waals surface area contributed by atoms with Crippen LogP contribution in [0.5, 0.6) is 0 Å². The van der Waals surface area contributed by atoms with Crippen LogP contribution in [-0.2, 0) is 4.79 Å². The van der Waals surface area contributed by atoms with Crippen molar-refractivity contribution in [1.82, 2.24) is 0 Å². The van der Waals surface area contributed by atoms with Crippen LogP contribution in [0.2, 0.25) is 0 Å². The topological polar surface area (TPSA) is 86.6 Å². The van der Waals surface area contributed by atoms with Gasteiger partial charge < -0.3 is 15.5 Å². The fourth-order valence-electron chi connectivity index (χ4n) is 3.69. The molecule has 1 atom stereocenters. The first-order valence-electron chi connectivity index (χ1n) is 9.28. The molecule has 0 saturated heterocycles. The smallest absolute Gasteiger partial charge is 0.336 e. The van der Waals surface area contributed by atoms with Crippen molar-refractivity contribution in [1.29, 1.82) is 0 Å². The number of anilines is 1. The lowest BCUT2D eigenvalue weighted by Gasteiger charge is -2.33. The number of aromatic carboxylic acids is 1. The Labute approximate surface area is 164 Å². The number of carbonyl (C=O) groups excluding carboxylic acids is 1. The monoisotopic (exact) mass is 379 g/mol. The molecular formula is C23H25NO4. The number of aliphatic hydroxyl groups is 1. The van der Waals surface area contributed by atoms with Crippen molar-refractivity contribution in [2.45, 2.75) is 39.7 Å². The average molecular weight is 379 g/mol. The molecule has 0 bridgehead atoms. The summed E-state index contributed by atoms with van der Waals surface area (Å²) < 4.78 is 0. The molecule has 1 aliphatic rings. The van der Waals surface area contributed by atoms with Crippen LogP contribution in [0, 0.1) is 12.3 Å². The lowest BCUT2D eigenvalue weighted by atomic mass is 9.74. The van der Waals surface area contributed by atoms with Crippen LogP contribution in [0.25, 0.3) is 0 Å². The zero-order valence-corrected chi connectivity index (χ0v) is 16.3. The Kier molecular flexibility index (Phi) is 5.27. The number of ketones is 1. The number of nitrogens with one attached hydrogen (secondary N) is 1. The molecular weight excluding hydrogens is 354 g/mol. The van der Waals surface area contributed by atoms with Crippen molar-refractivity contribution < 1.29 is 19.8 Å². The SMILES string of the molecule is Cc1ccc(NC(C2=C(O)CC(C)(C)CC2=O)c2ccccc2C(=O)O)cc1. The van der Waals surface area contributed by atoms with Gasteiger partial charge in [-0.25, -0.2) is 4.79 Å². The molecule has 0 saturated carbocycles. The van der Waals surface area contributed by atoms with E-state index in [9.17, 15) is 19.8 Å². The highest BCUT2D eigenvalue weighted by Crippen LogP contribution is 2.41. The van der Waals surface area contributed by atoms with Crippen LogP contribution >= 0.6 is 0 Å². The van der Waals surface area contributed by atoms with Crippen LogP contribution in [0.3, 0.4) is 0 Å². The molecule has 5 heteroatoms. The molecule has 0 fully saturated rings. The molecule has 0 aliphatic heterocycles. The van der Waals surface area contributed by atoms with E-state index in [0.717, 1.165) is 11.3 Å². The van der Waals surface area contributed by atoms with Crippen molar-refractivity contribution in [3.8, 4) is 0 Å². The molecule has 1 aliphatic carbocycles. The molecule has 0 aromatic heterocycles. The summed E-state index contributed by atoms with van der Waals surface area (Å²) in [5, 5.41) is 23.6. The number of carboxylic acid groups (broad SMARTS) is 1. The molecule has 2 aromatic rings. The van der Waals surface area contributed by atoms with Gasteiger partial charge in [0.15, 0.2) is 5.78 Å². The molecule has 5 nitrogen and oxygen atoms in total. The second-order valence-electron chi connectivity index (χ2n) is 8.14. The van der Waals surface area contributed by atoms with Gasteiger partial charge in [-0.3, -0.25) is 4.79 Å². The maximum Gasteiger partial charge on any atom is 0.336 e. The number of Topliss-reactive ketones (excluding diaryl/α,β-unsaturated/α-hetero) is 1. The van der Waals surface area contributed by atoms with Gasteiger partial charge in [0, 0.05) is 18.5 Å². The Hall–Kier alpha value is -3.08. The first-order valence-corrected chi connectivity index (χ1v) is 9.28. The van der Waals surface area contributed by atoms with Crippen molar-refractivity contribution >= 4 is 17.4 Å². The highest BCUT2D eigenvalue weighted by atomic mass is 16.4. The Bertz CT molecular complexity index is 941. The number of benzene rings is 2. The van der Waals surface area contributed by atoms with E-state index in [4.69, 9.17) is 0 Å². The molecule has 146 valence electrons. The van der Waals surface area contributed by atoms with E-state index >= 15 is 0 Å². The normalized spacial score (nSPS) is 17.3. The Morgan fingerprint density at radius 1 is 1.07 bits per heavy atom. The summed E-state index contributed by atoms with van der Waals surface area (Å²) in [7, 11) is 0. The number of carboxylic acids is 1. The lowest BCUT2D eigenvalue weighted by Crippen LogP contribution is -2.31. The quantitative estimate of drug-likeness (QED) is 0.677. The Morgan fingerprint density at radius 3 is 2.32 bits per heavy atom. The summed E-state index contributed by atoms with van der Waals surface area (Å²) >= 11 is 0. The minimum Gasteiger partial charge on any atom is -0.512 e. The van der Waals surface area contributed by atoms with Crippen LogP contribution in [0.1, 0.15) is 54.2 Å². The van der Waals surface area contributed by atoms with Gasteiger partial charge >= 0.3 is 5.97 Å². The Balaban J connectivity index is 2.14. The minimum atomic E-state index is -1.07. The summed E-state index contributed by atoms with van der Waals surface area (Å²) in [5.74, 6) is -1.22. The third kappa shape index (κ3) is 4.09. The van der Waals surface area contributed by atoms with Gasteiger partial charge in [-0.15, -0.1) is 0 Å². The predicted molar refractivity (Wildman–Crippen MR) is 109 cm³/mol. The van der Waals surface area contributed by atoms with Gasteiger partial charge in [0.05, 0.1) is 17.2 Å². The van der Waals surface area contributed by atoms with Crippen molar-refractivity contribution in [3.63, 3.8) is 0 Å². The summed E-state index contributed by atoms with van der Waals surface area (Å²) in [5.41, 5.74) is 2.30. The van der Waals surface area contributed by atoms with E-state index in [1.54, 1.807) is 18.2 Å². The summed E-state index contributed by atoms with van der Waals surface area (Å²) in [6, 6.07) is 13.4. The predicted octanol–water partition coefficient (Wildman–Crippen LogP) is 5.05. The van der Waals surface area contributed by atoms with E-state index in [-0.39, 0.29) is 28.1 Å². The molecule has 0 heterocycles. The molecule has 0 spiro atoms. The minimum absolute atomic E-state index is 0.0195. The molecule has 28 heavy (non-hydrogen) atoms. The van der Waals surface area contributed by atoms with Crippen LogP contribution in [-0.4, -0.2) is 22.0 Å². The van der Waals surface area contributed by atoms with Gasteiger partial charge in [-0.05, 0) is 36.1 Å². The van der Waals surface area contributed by atoms with Gasteiger partial charge in [0.2, 0.25) is 0 Å². The summed E-state index contributed by atoms with van der Waals surface area (Å²) in [6.07, 6.45) is 0.670. The van der Waals surface area contributed by atoms with E-state index in [1.165, 1.54) is 6.07 Å². The highest BCUT2D eigenvalue weighted by molar-refractivity contribution is 6.00. The number of allylic oxidation sites excluding steroid dienone is 1. The number of hydrogen-bond donors (Lipinski definition) is 3. The fraction of sp³-hybridized carbons (Fsp3) is 0.304. The van der Waals surface area contributed by atoms with Crippen molar-refractivity contribution in [3.05, 3.63) is 76.6 Å². The molecule has 3 rings (SSSR count). The number of aliphatic hydroxyl groups excluding tert-OH is 1. The van der Waals surface area contributed by atoms with E-state index in [1.807, 2.05) is 45.0 Å². The molecule has 2 aromatic carbocycles. The second kappa shape index (κ2) is 7.50. The van der Waals surface area contributed by atoms with Gasteiger partial charge in [-0.1, -0.05) is 49.7 Å². The van der Waals surface area contributed by atoms with E-state index in [0.29, 0.717) is 18.4 Å². The largest absolute Gasteiger partial charge is 0.512 e. The number of aryl methyl sites for hydroxylation is 1. The Morgan fingerprint density at radius 2 is 1.71 bits per heavy atom. The number of carbonyl (C=O) groups is 2. The van der Waals surface area contributed by atoms with Gasteiger partial charge in [-0.2, -0.15) is 0 Å². The van der Waals surface area contributed by atoms with E-state index in [2.05, 4.69) is 5.32 Å². The average Bonchev–Trinajstić information content (AvgIpc) is 2.61. The summed E-state index contributed by atoms with van der Waals surface area (Å²) in [4.78, 5) is 24.7. The molecule has 3 N–H and O–H groups in total. The van der Waals surface area contributed by atoms with Gasteiger partial charge in [0.25, 0.3) is 0 Å². The van der Waals surface area contributed by atoms with Crippen molar-refractivity contribution in [2.75, 3.05) is 5.32 Å². The second-order valence-corrected chi connectivity index (χ2v) is 8.14. The van der Waals surface area contributed by atoms with Crippen LogP contribution in [0.15, 0.2) is 59.9 Å². The standard InChI is InChI=1S/C23H25NO4/c1-14-8-10-15(11-9-14)24-21(16-6-4-5-7-17(16)22(27)28)20-18(25)12-23(2,3)13-19(20)26/h4-11,21,24-25H,12-13H2,1-3H3,(H,27,28). The zero-order valence-electron chi connectivity index (χ0n) is 16.3. The maximum absolute atomic E-state index is 13.0. The molecule has 0 amide bonds. The van der Waals surface area contributed by atoms with Crippen molar-refractivity contribution in [2.24, 2.45) is 5.41 Å². The third-order valence-corrected chi connectivity index (χ3v) is 5.05. The highest BCUT2D eigenvalue weighted by Gasteiger charge is 2.38. The van der Waals surface area contributed by atoms with E-state index < -0.39 is 12.0 Å². The first kappa shape index (κ1) is 19.7. The van der Waals surface area contributed by atoms with Crippen LogP contribution in [0.4, 0.5) is 5.69 Å². The third-order valence-electron chi connectivity index (χ3n) is 5.05. The lowest BCUT2D eigenvalue weighted by molar-refractivity contribution is -0.118. The first-order chi connectivity index (χ1) is 13.2. The zero-order chi connectivity index (χ0) is 20.5. The number of hydrogen-bond acceptors (Lipinski definition) is 4. The molecule has 1 unspecified atom stereocenters. The van der Waals surface area contributed by atoms with Gasteiger partial charge in [0.1, 0.15) is 5.76 Å². The summed E-state index contributed by atoms with van der Waals surface area (Å²) in [6.45, 7) is 5.85. The fourth-order valence-corrected chi connectivity index (χ4v) is 3.69. The number of rotatable bonds is 5.